The zero-order valence-electron chi connectivity index (χ0n) is 11.1. The number of oxime groups is 1. The quantitative estimate of drug-likeness (QED) is 0.627. The van der Waals surface area contributed by atoms with Crippen LogP contribution >= 0.6 is 0 Å². The van der Waals surface area contributed by atoms with Crippen molar-refractivity contribution in [1.82, 2.24) is 4.90 Å². The van der Waals surface area contributed by atoms with Crippen molar-refractivity contribution >= 4 is 17.2 Å². The van der Waals surface area contributed by atoms with Crippen LogP contribution in [0.25, 0.3) is 5.57 Å². The Labute approximate surface area is 117 Å². The van der Waals surface area contributed by atoms with Crippen molar-refractivity contribution in [1.29, 1.82) is 0 Å². The number of rotatable bonds is 1. The number of likely N-dealkylation sites (N-methyl/N-ethyl adjacent to an activating group) is 1. The summed E-state index contributed by atoms with van der Waals surface area (Å²) in [5.74, 6) is -0.295. The summed E-state index contributed by atoms with van der Waals surface area (Å²) in [6.07, 6.45) is 6.59. The summed E-state index contributed by atoms with van der Waals surface area (Å²) in [4.78, 5) is 13.9. The summed E-state index contributed by atoms with van der Waals surface area (Å²) in [5.41, 5.74) is 3.57. The van der Waals surface area contributed by atoms with Gasteiger partial charge in [-0.25, -0.2) is 0 Å². The minimum absolute atomic E-state index is 0.0983. The number of nitrogens with zero attached hydrogens (tertiary/aromatic N) is 2. The predicted octanol–water partition coefficient (Wildman–Crippen LogP) is 2.59. The monoisotopic (exact) mass is 266 g/mol. The van der Waals surface area contributed by atoms with Gasteiger partial charge in [0.2, 0.25) is 0 Å². The van der Waals surface area contributed by atoms with Gasteiger partial charge in [0.25, 0.3) is 5.91 Å². The van der Waals surface area contributed by atoms with Gasteiger partial charge in [0.05, 0.1) is 0 Å². The maximum Gasteiger partial charge on any atom is 0.280 e. The average molecular weight is 266 g/mol. The number of amides is 1. The molecule has 3 rings (SSSR count). The molecule has 1 aromatic carbocycles. The van der Waals surface area contributed by atoms with E-state index in [0.29, 0.717) is 12.0 Å². The lowest BCUT2D eigenvalue weighted by atomic mass is 9.86. The fourth-order valence-electron chi connectivity index (χ4n) is 2.62. The molecular formula is C16H14N2O2. The molecule has 1 heterocycles. The molecule has 1 amide bonds. The van der Waals surface area contributed by atoms with Gasteiger partial charge in [0.15, 0.2) is 5.71 Å². The van der Waals surface area contributed by atoms with E-state index in [-0.39, 0.29) is 11.6 Å². The molecule has 0 fully saturated rings. The van der Waals surface area contributed by atoms with Crippen LogP contribution in [0.2, 0.25) is 0 Å². The molecule has 0 bridgehead atoms. The summed E-state index contributed by atoms with van der Waals surface area (Å²) in [7, 11) is 1.69. The Kier molecular flexibility index (Phi) is 2.99. The van der Waals surface area contributed by atoms with Crippen molar-refractivity contribution in [2.75, 3.05) is 7.05 Å². The molecule has 2 aliphatic rings. The molecule has 0 saturated heterocycles. The van der Waals surface area contributed by atoms with E-state index in [1.54, 1.807) is 7.05 Å². The van der Waals surface area contributed by atoms with Crippen LogP contribution in [0.15, 0.2) is 65.0 Å². The standard InChI is InChI=1S/C16H14N2O2/c1-18-13-10-6-5-9-12(13)14(15(17-20)16(18)19)11-7-3-2-4-8-11/h2-8,10,20H,9H2,1H3/b17-15+. The van der Waals surface area contributed by atoms with Crippen LogP contribution < -0.4 is 0 Å². The van der Waals surface area contributed by atoms with E-state index in [0.717, 1.165) is 16.8 Å². The van der Waals surface area contributed by atoms with Crippen LogP contribution in [0.3, 0.4) is 0 Å². The minimum Gasteiger partial charge on any atom is -0.410 e. The molecule has 0 unspecified atom stereocenters. The van der Waals surface area contributed by atoms with E-state index in [4.69, 9.17) is 0 Å². The number of fused-ring (bicyclic) bond motifs is 1. The summed E-state index contributed by atoms with van der Waals surface area (Å²) in [6, 6.07) is 9.56. The summed E-state index contributed by atoms with van der Waals surface area (Å²) in [6.45, 7) is 0. The third-order valence-electron chi connectivity index (χ3n) is 3.59. The van der Waals surface area contributed by atoms with Crippen LogP contribution in [-0.4, -0.2) is 28.8 Å². The van der Waals surface area contributed by atoms with Crippen LogP contribution in [0.1, 0.15) is 12.0 Å². The number of carbonyl (C=O) groups excluding carboxylic acids is 1. The molecule has 4 nitrogen and oxygen atoms in total. The van der Waals surface area contributed by atoms with E-state index in [1.165, 1.54) is 4.90 Å². The van der Waals surface area contributed by atoms with Gasteiger partial charge in [-0.3, -0.25) is 4.79 Å². The van der Waals surface area contributed by atoms with Crippen molar-refractivity contribution in [3.05, 3.63) is 65.4 Å². The lowest BCUT2D eigenvalue weighted by Gasteiger charge is -2.31. The Bertz CT molecular complexity index is 682. The van der Waals surface area contributed by atoms with Crippen LogP contribution in [0, 0.1) is 0 Å². The highest BCUT2D eigenvalue weighted by molar-refractivity contribution is 6.57. The minimum atomic E-state index is -0.295. The molecule has 0 atom stereocenters. The normalized spacial score (nSPS) is 20.2. The van der Waals surface area contributed by atoms with E-state index < -0.39 is 0 Å². The van der Waals surface area contributed by atoms with Gasteiger partial charge in [-0.2, -0.15) is 0 Å². The molecule has 4 heteroatoms. The van der Waals surface area contributed by atoms with Gasteiger partial charge in [-0.15, -0.1) is 0 Å². The number of carbonyl (C=O) groups is 1. The second-order valence-electron chi connectivity index (χ2n) is 4.72. The van der Waals surface area contributed by atoms with Crippen molar-refractivity contribution in [3.63, 3.8) is 0 Å². The Morgan fingerprint density at radius 3 is 2.70 bits per heavy atom. The highest BCUT2D eigenvalue weighted by Gasteiger charge is 2.34. The molecule has 0 aromatic heterocycles. The lowest BCUT2D eigenvalue weighted by molar-refractivity contribution is -0.121. The SMILES string of the molecule is CN1C(=O)/C(=N/O)C(c2ccccc2)=C2CC=CC=C21. The Balaban J connectivity index is 2.29. The van der Waals surface area contributed by atoms with Crippen molar-refractivity contribution in [2.24, 2.45) is 5.16 Å². The average Bonchev–Trinajstić information content (AvgIpc) is 2.51. The molecule has 1 aliphatic heterocycles. The van der Waals surface area contributed by atoms with Crippen LogP contribution in [-0.2, 0) is 4.79 Å². The summed E-state index contributed by atoms with van der Waals surface area (Å²) in [5, 5.41) is 12.5. The van der Waals surface area contributed by atoms with Gasteiger partial charge in [-0.05, 0) is 23.6 Å². The third kappa shape index (κ3) is 1.77. The first-order chi connectivity index (χ1) is 9.74. The van der Waals surface area contributed by atoms with Crippen LogP contribution in [0.4, 0.5) is 0 Å². The van der Waals surface area contributed by atoms with Gasteiger partial charge >= 0.3 is 0 Å². The molecule has 1 aliphatic carbocycles. The summed E-state index contributed by atoms with van der Waals surface area (Å²) < 4.78 is 0. The fraction of sp³-hybridized carbons (Fsp3) is 0.125. The maximum absolute atomic E-state index is 12.3. The first kappa shape index (κ1) is 12.4. The smallest absolute Gasteiger partial charge is 0.280 e. The number of benzene rings is 1. The summed E-state index contributed by atoms with van der Waals surface area (Å²) >= 11 is 0. The Morgan fingerprint density at radius 2 is 2.00 bits per heavy atom. The number of hydrogen-bond acceptors (Lipinski definition) is 3. The first-order valence-corrected chi connectivity index (χ1v) is 6.40. The first-order valence-electron chi connectivity index (χ1n) is 6.40. The van der Waals surface area contributed by atoms with Gasteiger partial charge in [-0.1, -0.05) is 47.6 Å². The molecule has 20 heavy (non-hydrogen) atoms. The maximum atomic E-state index is 12.3. The van der Waals surface area contributed by atoms with Gasteiger partial charge in [0.1, 0.15) is 0 Å². The van der Waals surface area contributed by atoms with Crippen molar-refractivity contribution in [3.8, 4) is 0 Å². The zero-order valence-corrected chi connectivity index (χ0v) is 11.1. The molecule has 0 spiro atoms. The van der Waals surface area contributed by atoms with E-state index in [9.17, 15) is 10.0 Å². The largest absolute Gasteiger partial charge is 0.410 e. The Hall–Kier alpha value is -2.62. The molecule has 100 valence electrons. The Morgan fingerprint density at radius 1 is 1.25 bits per heavy atom. The predicted molar refractivity (Wildman–Crippen MR) is 77.2 cm³/mol. The van der Waals surface area contributed by atoms with Gasteiger partial charge in [0, 0.05) is 18.3 Å². The van der Waals surface area contributed by atoms with E-state index >= 15 is 0 Å². The molecule has 1 N–H and O–H groups in total. The zero-order chi connectivity index (χ0) is 14.1. The highest BCUT2D eigenvalue weighted by atomic mass is 16.4. The number of hydrogen-bond donors (Lipinski definition) is 1. The third-order valence-corrected chi connectivity index (χ3v) is 3.59. The highest BCUT2D eigenvalue weighted by Crippen LogP contribution is 2.35. The van der Waals surface area contributed by atoms with E-state index in [2.05, 4.69) is 5.16 Å². The van der Waals surface area contributed by atoms with Gasteiger partial charge < -0.3 is 10.1 Å². The lowest BCUT2D eigenvalue weighted by Crippen LogP contribution is -2.39. The molecular weight excluding hydrogens is 252 g/mol. The second kappa shape index (κ2) is 4.81. The number of allylic oxidation sites excluding steroid dienone is 4. The fourth-order valence-corrected chi connectivity index (χ4v) is 2.62. The second-order valence-corrected chi connectivity index (χ2v) is 4.72. The molecule has 0 radical (unpaired) electrons. The molecule has 1 aromatic rings. The molecule has 0 saturated carbocycles. The van der Waals surface area contributed by atoms with Crippen molar-refractivity contribution < 1.29 is 10.0 Å². The topological polar surface area (TPSA) is 52.9 Å². The van der Waals surface area contributed by atoms with E-state index in [1.807, 2.05) is 48.6 Å². The van der Waals surface area contributed by atoms with Crippen molar-refractivity contribution in [2.45, 2.75) is 6.42 Å². The van der Waals surface area contributed by atoms with Crippen LogP contribution in [0.5, 0.6) is 0 Å².